The zero-order chi connectivity index (χ0) is 13.5. The SMILES string of the molecule is C=C[C@H]1CC[C@H]([C@H]2CC[C@H](COCCC)CC2)CC1. The van der Waals surface area contributed by atoms with Crippen molar-refractivity contribution in [2.75, 3.05) is 13.2 Å². The van der Waals surface area contributed by atoms with Crippen molar-refractivity contribution in [2.45, 2.75) is 64.7 Å². The summed E-state index contributed by atoms with van der Waals surface area (Å²) >= 11 is 0. The standard InChI is InChI=1S/C18H32O/c1-3-13-19-14-16-7-11-18(12-8-16)17-9-5-15(4-2)6-10-17/h4,15-18H,2-3,5-14H2,1H3/t15-,16-,17-,18-. The lowest BCUT2D eigenvalue weighted by Crippen LogP contribution is -2.26. The van der Waals surface area contributed by atoms with Gasteiger partial charge >= 0.3 is 0 Å². The lowest BCUT2D eigenvalue weighted by atomic mass is 9.69. The van der Waals surface area contributed by atoms with Gasteiger partial charge in [-0.2, -0.15) is 0 Å². The van der Waals surface area contributed by atoms with Gasteiger partial charge in [0.15, 0.2) is 0 Å². The molecular formula is C18H32O. The fourth-order valence-corrected chi connectivity index (χ4v) is 4.07. The normalized spacial score (nSPS) is 36.1. The van der Waals surface area contributed by atoms with Crippen LogP contribution in [-0.2, 0) is 4.74 Å². The Kier molecular flexibility index (Phi) is 6.43. The van der Waals surface area contributed by atoms with Gasteiger partial charge in [0.05, 0.1) is 0 Å². The van der Waals surface area contributed by atoms with Gasteiger partial charge in [0, 0.05) is 13.2 Å². The van der Waals surface area contributed by atoms with Crippen molar-refractivity contribution in [1.82, 2.24) is 0 Å². The van der Waals surface area contributed by atoms with Gasteiger partial charge in [-0.25, -0.2) is 0 Å². The summed E-state index contributed by atoms with van der Waals surface area (Å²) in [6.07, 6.45) is 14.8. The molecule has 1 nitrogen and oxygen atoms in total. The molecule has 0 amide bonds. The summed E-state index contributed by atoms with van der Waals surface area (Å²) in [5.74, 6) is 3.71. The molecule has 0 saturated heterocycles. The summed E-state index contributed by atoms with van der Waals surface area (Å²) in [6.45, 7) is 8.11. The quantitative estimate of drug-likeness (QED) is 0.472. The summed E-state index contributed by atoms with van der Waals surface area (Å²) in [5, 5.41) is 0. The molecule has 0 N–H and O–H groups in total. The van der Waals surface area contributed by atoms with Gasteiger partial charge in [-0.3, -0.25) is 0 Å². The van der Waals surface area contributed by atoms with Gasteiger partial charge in [0.2, 0.25) is 0 Å². The summed E-state index contributed by atoms with van der Waals surface area (Å²) in [6, 6.07) is 0. The smallest absolute Gasteiger partial charge is 0.0494 e. The van der Waals surface area contributed by atoms with Crippen LogP contribution in [0.5, 0.6) is 0 Å². The molecule has 0 aromatic carbocycles. The molecule has 2 rings (SSSR count). The number of ether oxygens (including phenoxy) is 1. The number of hydrogen-bond acceptors (Lipinski definition) is 1. The zero-order valence-corrected chi connectivity index (χ0v) is 12.8. The van der Waals surface area contributed by atoms with Gasteiger partial charge in [-0.15, -0.1) is 6.58 Å². The Morgan fingerprint density at radius 1 is 0.947 bits per heavy atom. The molecule has 110 valence electrons. The van der Waals surface area contributed by atoms with Crippen LogP contribution >= 0.6 is 0 Å². The maximum absolute atomic E-state index is 5.72. The van der Waals surface area contributed by atoms with E-state index in [9.17, 15) is 0 Å². The van der Waals surface area contributed by atoms with Crippen LogP contribution in [0.2, 0.25) is 0 Å². The molecule has 0 unspecified atom stereocenters. The molecule has 0 aromatic heterocycles. The van der Waals surface area contributed by atoms with Crippen LogP contribution in [0.3, 0.4) is 0 Å². The van der Waals surface area contributed by atoms with Crippen LogP contribution in [-0.4, -0.2) is 13.2 Å². The van der Waals surface area contributed by atoms with Crippen molar-refractivity contribution in [3.8, 4) is 0 Å². The Labute approximate surface area is 119 Å². The minimum atomic E-state index is 0.815. The predicted octanol–water partition coefficient (Wildman–Crippen LogP) is 5.21. The van der Waals surface area contributed by atoms with Gasteiger partial charge in [-0.05, 0) is 81.5 Å². The molecule has 2 aliphatic carbocycles. The Hall–Kier alpha value is -0.300. The summed E-state index contributed by atoms with van der Waals surface area (Å²) in [4.78, 5) is 0. The maximum atomic E-state index is 5.72. The first-order valence-electron chi connectivity index (χ1n) is 8.53. The fourth-order valence-electron chi connectivity index (χ4n) is 4.07. The van der Waals surface area contributed by atoms with Gasteiger partial charge in [-0.1, -0.05) is 13.0 Å². The molecular weight excluding hydrogens is 232 g/mol. The lowest BCUT2D eigenvalue weighted by molar-refractivity contribution is 0.0662. The van der Waals surface area contributed by atoms with Gasteiger partial charge in [0.1, 0.15) is 0 Å². The number of allylic oxidation sites excluding steroid dienone is 1. The van der Waals surface area contributed by atoms with E-state index in [-0.39, 0.29) is 0 Å². The largest absolute Gasteiger partial charge is 0.381 e. The third kappa shape index (κ3) is 4.63. The van der Waals surface area contributed by atoms with Crippen molar-refractivity contribution in [1.29, 1.82) is 0 Å². The van der Waals surface area contributed by atoms with Crippen LogP contribution < -0.4 is 0 Å². The van der Waals surface area contributed by atoms with E-state index in [0.29, 0.717) is 0 Å². The van der Waals surface area contributed by atoms with E-state index in [1.165, 1.54) is 51.4 Å². The Balaban J connectivity index is 1.64. The van der Waals surface area contributed by atoms with Crippen molar-refractivity contribution in [3.63, 3.8) is 0 Å². The third-order valence-corrected chi connectivity index (χ3v) is 5.41. The van der Waals surface area contributed by atoms with Crippen molar-refractivity contribution in [2.24, 2.45) is 23.7 Å². The zero-order valence-electron chi connectivity index (χ0n) is 12.8. The van der Waals surface area contributed by atoms with Gasteiger partial charge < -0.3 is 4.74 Å². The molecule has 19 heavy (non-hydrogen) atoms. The minimum Gasteiger partial charge on any atom is -0.381 e. The highest BCUT2D eigenvalue weighted by atomic mass is 16.5. The molecule has 1 heteroatoms. The molecule has 0 atom stereocenters. The monoisotopic (exact) mass is 264 g/mol. The molecule has 2 aliphatic rings. The van der Waals surface area contributed by atoms with Gasteiger partial charge in [0.25, 0.3) is 0 Å². The minimum absolute atomic E-state index is 0.815. The van der Waals surface area contributed by atoms with Crippen molar-refractivity contribution < 1.29 is 4.74 Å². The number of hydrogen-bond donors (Lipinski definition) is 0. The molecule has 0 bridgehead atoms. The predicted molar refractivity (Wildman–Crippen MR) is 82.2 cm³/mol. The number of rotatable bonds is 6. The van der Waals surface area contributed by atoms with E-state index in [4.69, 9.17) is 4.74 Å². The first-order valence-corrected chi connectivity index (χ1v) is 8.53. The van der Waals surface area contributed by atoms with E-state index >= 15 is 0 Å². The van der Waals surface area contributed by atoms with Crippen LogP contribution in [0.15, 0.2) is 12.7 Å². The Morgan fingerprint density at radius 2 is 1.53 bits per heavy atom. The highest BCUT2D eigenvalue weighted by Gasteiger charge is 2.30. The lowest BCUT2D eigenvalue weighted by Gasteiger charge is -2.37. The van der Waals surface area contributed by atoms with Crippen molar-refractivity contribution in [3.05, 3.63) is 12.7 Å². The third-order valence-electron chi connectivity index (χ3n) is 5.41. The molecule has 0 spiro atoms. The van der Waals surface area contributed by atoms with Crippen molar-refractivity contribution >= 4 is 0 Å². The Morgan fingerprint density at radius 3 is 2.05 bits per heavy atom. The average molecular weight is 264 g/mol. The maximum Gasteiger partial charge on any atom is 0.0494 e. The highest BCUT2D eigenvalue weighted by Crippen LogP contribution is 2.41. The second-order valence-electron chi connectivity index (χ2n) is 6.77. The molecule has 2 saturated carbocycles. The first-order chi connectivity index (χ1) is 9.33. The van der Waals surface area contributed by atoms with Crippen LogP contribution in [0.1, 0.15) is 64.7 Å². The molecule has 0 aliphatic heterocycles. The summed E-state index contributed by atoms with van der Waals surface area (Å²) < 4.78 is 5.72. The second kappa shape index (κ2) is 8.09. The van der Waals surface area contributed by atoms with E-state index in [0.717, 1.165) is 43.3 Å². The topological polar surface area (TPSA) is 9.23 Å². The molecule has 0 radical (unpaired) electrons. The van der Waals surface area contributed by atoms with Crippen LogP contribution in [0, 0.1) is 23.7 Å². The summed E-state index contributed by atoms with van der Waals surface area (Å²) in [5.41, 5.74) is 0. The Bertz CT molecular complexity index is 244. The highest BCUT2D eigenvalue weighted by molar-refractivity contribution is 4.87. The molecule has 0 heterocycles. The average Bonchev–Trinajstić information content (AvgIpc) is 2.48. The van der Waals surface area contributed by atoms with E-state index < -0.39 is 0 Å². The first kappa shape index (κ1) is 15.1. The van der Waals surface area contributed by atoms with Crippen LogP contribution in [0.25, 0.3) is 0 Å². The van der Waals surface area contributed by atoms with E-state index in [1.54, 1.807) is 0 Å². The summed E-state index contributed by atoms with van der Waals surface area (Å²) in [7, 11) is 0. The second-order valence-corrected chi connectivity index (χ2v) is 6.77. The van der Waals surface area contributed by atoms with Crippen LogP contribution in [0.4, 0.5) is 0 Å². The molecule has 2 fully saturated rings. The van der Waals surface area contributed by atoms with E-state index in [2.05, 4.69) is 19.6 Å². The molecule has 0 aromatic rings. The fraction of sp³-hybridized carbons (Fsp3) is 0.889. The van der Waals surface area contributed by atoms with E-state index in [1.807, 2.05) is 0 Å².